The Kier molecular flexibility index (Phi) is 23.4. The zero-order chi connectivity index (χ0) is 33.4. The number of nitrogens with one attached hydrogen (secondary N) is 3. The summed E-state index contributed by atoms with van der Waals surface area (Å²) in [5.74, 6) is -0.523. The fourth-order valence-electron chi connectivity index (χ4n) is 3.96. The van der Waals surface area contributed by atoms with Gasteiger partial charge in [0.25, 0.3) is 5.91 Å². The van der Waals surface area contributed by atoms with Gasteiger partial charge in [0, 0.05) is 24.3 Å². The molecule has 5 N–H and O–H groups in total. The molecule has 0 heterocycles. The van der Waals surface area contributed by atoms with Gasteiger partial charge in [-0.05, 0) is 51.0 Å². The molecule has 1 aromatic rings. The van der Waals surface area contributed by atoms with Crippen molar-refractivity contribution in [2.75, 3.05) is 13.1 Å². The second kappa shape index (κ2) is 24.1. The number of benzene rings is 1. The van der Waals surface area contributed by atoms with Gasteiger partial charge in [-0.2, -0.15) is 0 Å². The molecule has 0 aliphatic heterocycles. The van der Waals surface area contributed by atoms with Crippen LogP contribution in [-0.4, -0.2) is 53.7 Å². The van der Waals surface area contributed by atoms with E-state index in [4.69, 9.17) is 5.73 Å². The van der Waals surface area contributed by atoms with Crippen molar-refractivity contribution >= 4 is 24.1 Å². The van der Waals surface area contributed by atoms with Gasteiger partial charge in [-0.1, -0.05) is 104 Å². The normalized spacial score (nSPS) is 12.7. The molecule has 0 spiro atoms. The molecule has 9 heteroatoms. The molecular formula is C34H61N5O4. The molecule has 9 nitrogen and oxygen atoms in total. The first kappa shape index (κ1) is 41.8. The fourth-order valence-corrected chi connectivity index (χ4v) is 3.96. The number of nitrogens with zero attached hydrogens (tertiary/aromatic N) is 1. The van der Waals surface area contributed by atoms with E-state index in [1.165, 1.54) is 31.2 Å². The number of ketones is 1. The van der Waals surface area contributed by atoms with E-state index in [1.807, 2.05) is 52.8 Å². The third-order valence-electron chi connectivity index (χ3n) is 6.11. The van der Waals surface area contributed by atoms with Crippen LogP contribution in [0.3, 0.4) is 0 Å². The molecule has 0 radical (unpaired) electrons. The molecule has 1 atom stereocenters. The zero-order valence-corrected chi connectivity index (χ0v) is 28.4. The zero-order valence-electron chi connectivity index (χ0n) is 28.4. The summed E-state index contributed by atoms with van der Waals surface area (Å²) in [6, 6.07) is 9.43. The van der Waals surface area contributed by atoms with E-state index in [0.29, 0.717) is 31.2 Å². The van der Waals surface area contributed by atoms with Gasteiger partial charge >= 0.3 is 6.03 Å². The summed E-state index contributed by atoms with van der Waals surface area (Å²) in [6.45, 7) is 24.8. The molecule has 0 bridgehead atoms. The minimum atomic E-state index is -0.983. The van der Waals surface area contributed by atoms with Crippen molar-refractivity contribution in [3.63, 3.8) is 0 Å². The molecule has 1 aliphatic carbocycles. The third-order valence-corrected chi connectivity index (χ3v) is 6.11. The van der Waals surface area contributed by atoms with Crippen molar-refractivity contribution in [1.82, 2.24) is 20.9 Å². The molecule has 1 saturated carbocycles. The van der Waals surface area contributed by atoms with E-state index >= 15 is 0 Å². The molecule has 1 unspecified atom stereocenters. The highest BCUT2D eigenvalue weighted by Gasteiger charge is 2.25. The number of hydrogen-bond donors (Lipinski definition) is 4. The summed E-state index contributed by atoms with van der Waals surface area (Å²) in [5.41, 5.74) is 6.80. The first-order valence-electron chi connectivity index (χ1n) is 15.8. The molecule has 0 saturated heterocycles. The van der Waals surface area contributed by atoms with Gasteiger partial charge in [0.15, 0.2) is 0 Å². The third kappa shape index (κ3) is 21.9. The first-order chi connectivity index (χ1) is 20.2. The van der Waals surface area contributed by atoms with Crippen LogP contribution in [0.2, 0.25) is 0 Å². The van der Waals surface area contributed by atoms with Crippen molar-refractivity contribution in [2.45, 2.75) is 119 Å². The SMILES string of the molecule is C=C(CNC(=O)NC(C)(C)C)N(Cc1ccccc1)CC(C)C.CC.CCC.NC(=O)C(=O)C(CCC1CCC1)NC=O. The Morgan fingerprint density at radius 2 is 1.65 bits per heavy atom. The predicted octanol–water partition coefficient (Wildman–Crippen LogP) is 5.93. The van der Waals surface area contributed by atoms with Gasteiger partial charge in [0.1, 0.15) is 0 Å². The topological polar surface area (TPSA) is 134 Å². The maximum Gasteiger partial charge on any atom is 0.315 e. The van der Waals surface area contributed by atoms with Gasteiger partial charge in [-0.15, -0.1) is 0 Å². The van der Waals surface area contributed by atoms with E-state index in [2.05, 4.69) is 67.3 Å². The fraction of sp³-hybridized carbons (Fsp3) is 0.647. The monoisotopic (exact) mass is 603 g/mol. The second-order valence-corrected chi connectivity index (χ2v) is 12.0. The van der Waals surface area contributed by atoms with Crippen molar-refractivity contribution in [3.8, 4) is 0 Å². The Morgan fingerprint density at radius 1 is 1.09 bits per heavy atom. The van der Waals surface area contributed by atoms with E-state index in [9.17, 15) is 19.2 Å². The van der Waals surface area contributed by atoms with Crippen molar-refractivity contribution in [3.05, 3.63) is 48.2 Å². The van der Waals surface area contributed by atoms with Crippen molar-refractivity contribution < 1.29 is 19.2 Å². The number of urea groups is 1. The highest BCUT2D eigenvalue weighted by molar-refractivity contribution is 6.37. The minimum Gasteiger partial charge on any atom is -0.369 e. The van der Waals surface area contributed by atoms with Gasteiger partial charge in [-0.3, -0.25) is 14.4 Å². The summed E-state index contributed by atoms with van der Waals surface area (Å²) in [4.78, 5) is 46.3. The van der Waals surface area contributed by atoms with Gasteiger partial charge in [0.2, 0.25) is 12.2 Å². The lowest BCUT2D eigenvalue weighted by Crippen LogP contribution is -2.47. The van der Waals surface area contributed by atoms with Crippen LogP contribution < -0.4 is 21.7 Å². The Balaban J connectivity index is 0. The van der Waals surface area contributed by atoms with E-state index in [1.54, 1.807) is 0 Å². The summed E-state index contributed by atoms with van der Waals surface area (Å²) in [6.07, 6.45) is 6.65. The second-order valence-electron chi connectivity index (χ2n) is 12.0. The van der Waals surface area contributed by atoms with Crippen LogP contribution in [0.5, 0.6) is 0 Å². The molecule has 1 aromatic carbocycles. The van der Waals surface area contributed by atoms with Crippen LogP contribution in [0.4, 0.5) is 4.79 Å². The van der Waals surface area contributed by atoms with Gasteiger partial charge in [0.05, 0.1) is 12.6 Å². The number of carbonyl (C=O) groups is 4. The number of Topliss-reactive ketones (excluding diaryl/α,β-unsaturated/α-hetero) is 1. The number of rotatable bonds is 14. The highest BCUT2D eigenvalue weighted by atomic mass is 16.2. The smallest absolute Gasteiger partial charge is 0.315 e. The number of amides is 4. The quantitative estimate of drug-likeness (QED) is 0.154. The van der Waals surface area contributed by atoms with Crippen LogP contribution in [0, 0.1) is 11.8 Å². The highest BCUT2D eigenvalue weighted by Crippen LogP contribution is 2.30. The maximum absolute atomic E-state index is 11.9. The lowest BCUT2D eigenvalue weighted by atomic mass is 9.81. The van der Waals surface area contributed by atoms with Crippen LogP contribution in [0.1, 0.15) is 106 Å². The number of carbonyl (C=O) groups excluding carboxylic acids is 4. The Hall–Kier alpha value is -3.36. The maximum atomic E-state index is 11.9. The van der Waals surface area contributed by atoms with Crippen LogP contribution in [0.15, 0.2) is 42.6 Å². The molecule has 2 rings (SSSR count). The molecular weight excluding hydrogens is 542 g/mol. The molecule has 246 valence electrons. The van der Waals surface area contributed by atoms with Gasteiger partial charge < -0.3 is 26.6 Å². The van der Waals surface area contributed by atoms with Crippen LogP contribution in [0.25, 0.3) is 0 Å². The predicted molar refractivity (Wildman–Crippen MR) is 178 cm³/mol. The largest absolute Gasteiger partial charge is 0.369 e. The summed E-state index contributed by atoms with van der Waals surface area (Å²) < 4.78 is 0. The summed E-state index contributed by atoms with van der Waals surface area (Å²) >= 11 is 0. The molecule has 1 aliphatic rings. The van der Waals surface area contributed by atoms with E-state index in [-0.39, 0.29) is 11.6 Å². The average Bonchev–Trinajstić information content (AvgIpc) is 2.91. The first-order valence-corrected chi connectivity index (χ1v) is 15.8. The van der Waals surface area contributed by atoms with Crippen molar-refractivity contribution in [1.29, 1.82) is 0 Å². The number of primary amides is 1. The number of hydrogen-bond acceptors (Lipinski definition) is 5. The number of nitrogens with two attached hydrogens (primary N) is 1. The Labute approximate surface area is 261 Å². The van der Waals surface area contributed by atoms with Gasteiger partial charge in [-0.25, -0.2) is 4.79 Å². The molecule has 43 heavy (non-hydrogen) atoms. The molecule has 1 fully saturated rings. The minimum absolute atomic E-state index is 0.164. The standard InChI is InChI=1S/C19H31N3O.C10H16N2O3.C3H8.C2H6/c1-15(2)13-22(14-17-10-8-7-9-11-17)16(3)12-20-18(23)21-19(4,5)6;11-10(15)9(14)8(12-6-13)5-4-7-2-1-3-7;1-3-2;1-2/h7-11,15H,3,12-14H2,1-2,4-6H3,(H2,20,21,23);6-8H,1-5H2,(H2,11,15)(H,12,13);3H2,1-2H3;1-2H3. The van der Waals surface area contributed by atoms with Crippen LogP contribution in [-0.2, 0) is 20.9 Å². The Morgan fingerprint density at radius 3 is 2.07 bits per heavy atom. The van der Waals surface area contributed by atoms with Crippen molar-refractivity contribution in [2.24, 2.45) is 17.6 Å². The lowest BCUT2D eigenvalue weighted by Gasteiger charge is -2.29. The van der Waals surface area contributed by atoms with E-state index in [0.717, 1.165) is 25.2 Å². The van der Waals surface area contributed by atoms with Crippen LogP contribution >= 0.6 is 0 Å². The van der Waals surface area contributed by atoms with E-state index < -0.39 is 17.7 Å². The molecule has 4 amide bonds. The average molecular weight is 604 g/mol. The summed E-state index contributed by atoms with van der Waals surface area (Å²) in [5, 5.41) is 8.12. The lowest BCUT2D eigenvalue weighted by molar-refractivity contribution is -0.137. The summed E-state index contributed by atoms with van der Waals surface area (Å²) in [7, 11) is 0. The Bertz CT molecular complexity index is 924. The molecule has 0 aromatic heterocycles.